The SMILES string of the molecule is CCc1cc2c3c(cccc3c1)N(C1CCC(=O)NC1=O)C2=O. The Labute approximate surface area is 133 Å². The highest BCUT2D eigenvalue weighted by Gasteiger charge is 2.40. The molecular weight excluding hydrogens is 292 g/mol. The number of nitrogens with one attached hydrogen (secondary N) is 1. The summed E-state index contributed by atoms with van der Waals surface area (Å²) in [6.45, 7) is 2.05. The molecule has 2 aromatic carbocycles. The van der Waals surface area contributed by atoms with Crippen molar-refractivity contribution in [2.45, 2.75) is 32.2 Å². The van der Waals surface area contributed by atoms with Gasteiger partial charge in [-0.05, 0) is 35.9 Å². The van der Waals surface area contributed by atoms with Crippen LogP contribution >= 0.6 is 0 Å². The van der Waals surface area contributed by atoms with Crippen LogP contribution in [-0.2, 0) is 16.0 Å². The van der Waals surface area contributed by atoms with Crippen molar-refractivity contribution in [2.24, 2.45) is 0 Å². The van der Waals surface area contributed by atoms with E-state index >= 15 is 0 Å². The van der Waals surface area contributed by atoms with Crippen LogP contribution in [0.3, 0.4) is 0 Å². The standard InChI is InChI=1S/C18H16N2O3/c1-2-10-8-11-4-3-5-13-16(11)12(9-10)18(23)20(13)14-6-7-15(21)19-17(14)22/h3-5,8-9,14H,2,6-7H2,1H3,(H,19,21,22). The molecule has 116 valence electrons. The van der Waals surface area contributed by atoms with Gasteiger partial charge >= 0.3 is 0 Å². The van der Waals surface area contributed by atoms with Crippen LogP contribution in [0, 0.1) is 0 Å². The number of aryl methyl sites for hydroxylation is 1. The number of rotatable bonds is 2. The summed E-state index contributed by atoms with van der Waals surface area (Å²) >= 11 is 0. The fourth-order valence-corrected chi connectivity index (χ4v) is 3.52. The molecule has 5 nitrogen and oxygen atoms in total. The average molecular weight is 308 g/mol. The lowest BCUT2D eigenvalue weighted by molar-refractivity contribution is -0.134. The van der Waals surface area contributed by atoms with E-state index in [1.165, 1.54) is 0 Å². The molecule has 1 N–H and O–H groups in total. The lowest BCUT2D eigenvalue weighted by Gasteiger charge is -2.30. The third kappa shape index (κ3) is 1.96. The van der Waals surface area contributed by atoms with Crippen LogP contribution in [0.5, 0.6) is 0 Å². The quantitative estimate of drug-likeness (QED) is 0.865. The van der Waals surface area contributed by atoms with E-state index in [9.17, 15) is 14.4 Å². The van der Waals surface area contributed by atoms with Crippen LogP contribution in [-0.4, -0.2) is 23.8 Å². The van der Waals surface area contributed by atoms with Crippen LogP contribution in [0.4, 0.5) is 5.69 Å². The van der Waals surface area contributed by atoms with Gasteiger partial charge in [-0.25, -0.2) is 0 Å². The monoisotopic (exact) mass is 308 g/mol. The summed E-state index contributed by atoms with van der Waals surface area (Å²) in [6, 6.07) is 9.14. The Morgan fingerprint density at radius 3 is 2.78 bits per heavy atom. The summed E-state index contributed by atoms with van der Waals surface area (Å²) in [6.07, 6.45) is 1.47. The highest BCUT2D eigenvalue weighted by molar-refractivity contribution is 6.27. The maximum Gasteiger partial charge on any atom is 0.259 e. The zero-order chi connectivity index (χ0) is 16.1. The summed E-state index contributed by atoms with van der Waals surface area (Å²) in [7, 11) is 0. The minimum absolute atomic E-state index is 0.152. The molecule has 4 rings (SSSR count). The first-order valence-corrected chi connectivity index (χ1v) is 7.83. The number of amides is 3. The van der Waals surface area contributed by atoms with Crippen molar-refractivity contribution in [1.29, 1.82) is 0 Å². The molecule has 1 saturated heterocycles. The van der Waals surface area contributed by atoms with E-state index in [-0.39, 0.29) is 18.2 Å². The largest absolute Gasteiger partial charge is 0.295 e. The zero-order valence-electron chi connectivity index (χ0n) is 12.8. The molecule has 0 bridgehead atoms. The first-order chi connectivity index (χ1) is 11.1. The van der Waals surface area contributed by atoms with Crippen molar-refractivity contribution in [3.63, 3.8) is 0 Å². The van der Waals surface area contributed by atoms with E-state index in [0.29, 0.717) is 12.0 Å². The second-order valence-corrected chi connectivity index (χ2v) is 6.01. The molecule has 1 atom stereocenters. The fraction of sp³-hybridized carbons (Fsp3) is 0.278. The van der Waals surface area contributed by atoms with Gasteiger partial charge in [0.05, 0.1) is 11.3 Å². The van der Waals surface area contributed by atoms with Gasteiger partial charge in [-0.3, -0.25) is 24.6 Å². The minimum atomic E-state index is -0.622. The number of nitrogens with zero attached hydrogens (tertiary/aromatic N) is 1. The van der Waals surface area contributed by atoms with Crippen molar-refractivity contribution in [3.8, 4) is 0 Å². The number of imide groups is 1. The van der Waals surface area contributed by atoms with Gasteiger partial charge in [0.1, 0.15) is 6.04 Å². The fourth-order valence-electron chi connectivity index (χ4n) is 3.52. The summed E-state index contributed by atoms with van der Waals surface area (Å²) in [4.78, 5) is 38.1. The summed E-state index contributed by atoms with van der Waals surface area (Å²) < 4.78 is 0. The Morgan fingerprint density at radius 2 is 2.04 bits per heavy atom. The molecule has 23 heavy (non-hydrogen) atoms. The maximum atomic E-state index is 12.9. The van der Waals surface area contributed by atoms with E-state index in [0.717, 1.165) is 28.4 Å². The molecule has 2 aliphatic heterocycles. The van der Waals surface area contributed by atoms with Crippen LogP contribution in [0.2, 0.25) is 0 Å². The number of carbonyl (C=O) groups excluding carboxylic acids is 3. The number of benzene rings is 2. The number of anilines is 1. The number of hydrogen-bond donors (Lipinski definition) is 1. The molecule has 5 heteroatoms. The Morgan fingerprint density at radius 1 is 1.22 bits per heavy atom. The number of piperidine rings is 1. The first-order valence-electron chi connectivity index (χ1n) is 7.83. The lowest BCUT2D eigenvalue weighted by atomic mass is 10.0. The van der Waals surface area contributed by atoms with Crippen molar-refractivity contribution in [2.75, 3.05) is 4.90 Å². The zero-order valence-corrected chi connectivity index (χ0v) is 12.8. The van der Waals surface area contributed by atoms with Crippen LogP contribution < -0.4 is 10.2 Å². The summed E-state index contributed by atoms with van der Waals surface area (Å²) in [5.41, 5.74) is 2.52. The molecule has 0 saturated carbocycles. The summed E-state index contributed by atoms with van der Waals surface area (Å²) in [5.74, 6) is -0.821. The number of carbonyl (C=O) groups is 3. The normalized spacial score (nSPS) is 20.3. The van der Waals surface area contributed by atoms with E-state index in [4.69, 9.17) is 0 Å². The van der Waals surface area contributed by atoms with Crippen molar-refractivity contribution in [1.82, 2.24) is 5.32 Å². The van der Waals surface area contributed by atoms with Gasteiger partial charge in [-0.1, -0.05) is 25.1 Å². The van der Waals surface area contributed by atoms with Crippen molar-refractivity contribution in [3.05, 3.63) is 41.5 Å². The first kappa shape index (κ1) is 13.9. The Bertz CT molecular complexity index is 872. The van der Waals surface area contributed by atoms with Gasteiger partial charge < -0.3 is 0 Å². The lowest BCUT2D eigenvalue weighted by Crippen LogP contribution is -2.53. The molecule has 2 aliphatic rings. The van der Waals surface area contributed by atoms with Crippen LogP contribution in [0.1, 0.15) is 35.7 Å². The maximum absolute atomic E-state index is 12.9. The molecule has 1 fully saturated rings. The van der Waals surface area contributed by atoms with Crippen molar-refractivity contribution >= 4 is 34.2 Å². The van der Waals surface area contributed by atoms with E-state index < -0.39 is 11.9 Å². The molecule has 2 aromatic rings. The van der Waals surface area contributed by atoms with Gasteiger partial charge in [-0.2, -0.15) is 0 Å². The topological polar surface area (TPSA) is 66.5 Å². The highest BCUT2D eigenvalue weighted by atomic mass is 16.2. The van der Waals surface area contributed by atoms with E-state index in [1.807, 2.05) is 24.3 Å². The second-order valence-electron chi connectivity index (χ2n) is 6.01. The predicted molar refractivity (Wildman–Crippen MR) is 86.3 cm³/mol. The molecule has 0 radical (unpaired) electrons. The minimum Gasteiger partial charge on any atom is -0.295 e. The molecule has 0 spiro atoms. The number of hydrogen-bond acceptors (Lipinski definition) is 3. The molecular formula is C18H16N2O3. The molecule has 2 heterocycles. The Balaban J connectivity index is 1.86. The van der Waals surface area contributed by atoms with Crippen LogP contribution in [0.15, 0.2) is 30.3 Å². The third-order valence-electron chi connectivity index (χ3n) is 4.65. The molecule has 3 amide bonds. The molecule has 0 aromatic heterocycles. The van der Waals surface area contributed by atoms with Gasteiger partial charge in [0, 0.05) is 11.8 Å². The second kappa shape index (κ2) is 4.91. The van der Waals surface area contributed by atoms with Crippen LogP contribution in [0.25, 0.3) is 10.8 Å². The summed E-state index contributed by atoms with van der Waals surface area (Å²) in [5, 5.41) is 4.25. The van der Waals surface area contributed by atoms with E-state index in [1.54, 1.807) is 4.90 Å². The molecule has 0 aliphatic carbocycles. The Kier molecular flexibility index (Phi) is 2.98. The van der Waals surface area contributed by atoms with Gasteiger partial charge in [-0.15, -0.1) is 0 Å². The third-order valence-corrected chi connectivity index (χ3v) is 4.65. The van der Waals surface area contributed by atoms with Gasteiger partial charge in [0.25, 0.3) is 5.91 Å². The van der Waals surface area contributed by atoms with Gasteiger partial charge in [0.2, 0.25) is 11.8 Å². The van der Waals surface area contributed by atoms with Crippen molar-refractivity contribution < 1.29 is 14.4 Å². The van der Waals surface area contributed by atoms with E-state index in [2.05, 4.69) is 18.3 Å². The molecule has 1 unspecified atom stereocenters. The smallest absolute Gasteiger partial charge is 0.259 e. The average Bonchev–Trinajstić information content (AvgIpc) is 2.82. The van der Waals surface area contributed by atoms with Gasteiger partial charge in [0.15, 0.2) is 0 Å². The Hall–Kier alpha value is -2.69. The predicted octanol–water partition coefficient (Wildman–Crippen LogP) is 2.17. The highest BCUT2D eigenvalue weighted by Crippen LogP contribution is 2.40.